The number of benzene rings is 2. The lowest BCUT2D eigenvalue weighted by molar-refractivity contribution is -0.122. The molecule has 1 saturated heterocycles. The van der Waals surface area contributed by atoms with Gasteiger partial charge in [0.25, 0.3) is 11.8 Å². The number of fused-ring (bicyclic) bond motifs is 2. The van der Waals surface area contributed by atoms with Crippen molar-refractivity contribution in [2.24, 2.45) is 0 Å². The first-order valence-corrected chi connectivity index (χ1v) is 9.69. The third-order valence-electron chi connectivity index (χ3n) is 5.42. The van der Waals surface area contributed by atoms with E-state index in [1.807, 2.05) is 43.3 Å². The van der Waals surface area contributed by atoms with Gasteiger partial charge in [0, 0.05) is 18.7 Å². The molecule has 0 aliphatic carbocycles. The Bertz CT molecular complexity index is 940. The third kappa shape index (κ3) is 3.05. The van der Waals surface area contributed by atoms with Gasteiger partial charge < -0.3 is 15.1 Å². The van der Waals surface area contributed by atoms with Gasteiger partial charge in [-0.05, 0) is 43.5 Å². The van der Waals surface area contributed by atoms with Crippen LogP contribution in [0.5, 0.6) is 0 Å². The molecule has 4 rings (SSSR count). The van der Waals surface area contributed by atoms with Crippen molar-refractivity contribution >= 4 is 23.4 Å². The molecule has 0 bridgehead atoms. The van der Waals surface area contributed by atoms with E-state index in [0.29, 0.717) is 36.3 Å². The lowest BCUT2D eigenvalue weighted by Gasteiger charge is -2.26. The van der Waals surface area contributed by atoms with Gasteiger partial charge in [-0.3, -0.25) is 14.4 Å². The number of rotatable bonds is 4. The first-order chi connectivity index (χ1) is 13.6. The summed E-state index contributed by atoms with van der Waals surface area (Å²) in [4.78, 5) is 42.2. The van der Waals surface area contributed by atoms with E-state index >= 15 is 0 Å². The lowest BCUT2D eigenvalue weighted by Crippen LogP contribution is -2.44. The lowest BCUT2D eigenvalue weighted by atomic mass is 10.0. The zero-order valence-electron chi connectivity index (χ0n) is 15.9. The number of nitrogens with zero attached hydrogens (tertiary/aromatic N) is 2. The summed E-state index contributed by atoms with van der Waals surface area (Å²) in [7, 11) is 0. The highest BCUT2D eigenvalue weighted by Crippen LogP contribution is 2.33. The van der Waals surface area contributed by atoms with Crippen molar-refractivity contribution < 1.29 is 14.4 Å². The highest BCUT2D eigenvalue weighted by atomic mass is 16.2. The average Bonchev–Trinajstić information content (AvgIpc) is 3.19. The molecule has 2 aromatic rings. The van der Waals surface area contributed by atoms with Crippen molar-refractivity contribution in [1.29, 1.82) is 0 Å². The van der Waals surface area contributed by atoms with Gasteiger partial charge in [0.2, 0.25) is 5.91 Å². The smallest absolute Gasteiger partial charge is 0.256 e. The Morgan fingerprint density at radius 1 is 1.11 bits per heavy atom. The molecule has 2 heterocycles. The van der Waals surface area contributed by atoms with Crippen molar-refractivity contribution in [2.75, 3.05) is 18.0 Å². The fourth-order valence-electron chi connectivity index (χ4n) is 4.08. The number of hydrogen-bond acceptors (Lipinski definition) is 3. The van der Waals surface area contributed by atoms with Crippen molar-refractivity contribution in [2.45, 2.75) is 32.4 Å². The number of carbonyl (C=O) groups excluding carboxylic acids is 3. The van der Waals surface area contributed by atoms with Gasteiger partial charge in [-0.15, -0.1) is 0 Å². The Hall–Kier alpha value is -3.15. The predicted octanol–water partition coefficient (Wildman–Crippen LogP) is 2.59. The van der Waals surface area contributed by atoms with Crippen LogP contribution < -0.4 is 10.2 Å². The van der Waals surface area contributed by atoms with Gasteiger partial charge in [-0.1, -0.05) is 30.3 Å². The standard InChI is InChI=1S/C22H23N3O3/c1-2-23-20(26)16-9-4-3-8-15(16)14-25-18-11-6-5-10-17(18)21(27)24-13-7-12-19(24)22(25)28/h3-6,8-11,19H,2,7,12-14H2,1H3,(H,23,26)/t19-/m1/s1. The first-order valence-electron chi connectivity index (χ1n) is 9.69. The number of para-hydroxylation sites is 1. The second-order valence-electron chi connectivity index (χ2n) is 7.11. The SMILES string of the molecule is CCNC(=O)c1ccccc1CN1C(=O)[C@H]2CCCN2C(=O)c2ccccc21. The van der Waals surface area contributed by atoms with Crippen LogP contribution >= 0.6 is 0 Å². The van der Waals surface area contributed by atoms with E-state index in [4.69, 9.17) is 0 Å². The molecule has 0 aromatic heterocycles. The molecule has 1 atom stereocenters. The van der Waals surface area contributed by atoms with Gasteiger partial charge in [-0.2, -0.15) is 0 Å². The van der Waals surface area contributed by atoms with E-state index in [1.165, 1.54) is 0 Å². The van der Waals surface area contributed by atoms with Crippen LogP contribution in [0.2, 0.25) is 0 Å². The van der Waals surface area contributed by atoms with Crippen molar-refractivity contribution in [1.82, 2.24) is 10.2 Å². The molecule has 0 saturated carbocycles. The van der Waals surface area contributed by atoms with Crippen LogP contribution in [0.15, 0.2) is 48.5 Å². The van der Waals surface area contributed by atoms with Crippen LogP contribution in [-0.2, 0) is 11.3 Å². The average molecular weight is 377 g/mol. The topological polar surface area (TPSA) is 69.7 Å². The van der Waals surface area contributed by atoms with E-state index in [-0.39, 0.29) is 24.3 Å². The van der Waals surface area contributed by atoms with Crippen LogP contribution in [0.4, 0.5) is 5.69 Å². The summed E-state index contributed by atoms with van der Waals surface area (Å²) >= 11 is 0. The molecule has 144 valence electrons. The molecule has 0 unspecified atom stereocenters. The molecule has 28 heavy (non-hydrogen) atoms. The summed E-state index contributed by atoms with van der Waals surface area (Å²) in [5, 5.41) is 2.82. The maximum absolute atomic E-state index is 13.4. The highest BCUT2D eigenvalue weighted by Gasteiger charge is 2.41. The van der Waals surface area contributed by atoms with Crippen LogP contribution in [0.25, 0.3) is 0 Å². The van der Waals surface area contributed by atoms with Crippen molar-refractivity contribution in [3.63, 3.8) is 0 Å². The molecule has 0 radical (unpaired) electrons. The zero-order valence-corrected chi connectivity index (χ0v) is 15.9. The molecule has 0 spiro atoms. The number of carbonyl (C=O) groups is 3. The molecule has 2 aliphatic rings. The van der Waals surface area contributed by atoms with Crippen LogP contribution in [0, 0.1) is 0 Å². The zero-order chi connectivity index (χ0) is 19.7. The highest BCUT2D eigenvalue weighted by molar-refractivity contribution is 6.11. The second-order valence-corrected chi connectivity index (χ2v) is 7.11. The normalized spacial score (nSPS) is 18.5. The third-order valence-corrected chi connectivity index (χ3v) is 5.42. The molecular formula is C22H23N3O3. The maximum atomic E-state index is 13.4. The van der Waals surface area contributed by atoms with Gasteiger partial charge in [-0.25, -0.2) is 0 Å². The van der Waals surface area contributed by atoms with Gasteiger partial charge in [0.05, 0.1) is 17.8 Å². The monoisotopic (exact) mass is 377 g/mol. The molecule has 1 N–H and O–H groups in total. The minimum atomic E-state index is -0.434. The Kier molecular flexibility index (Phi) is 4.86. The molecule has 6 nitrogen and oxygen atoms in total. The Labute approximate surface area is 164 Å². The first kappa shape index (κ1) is 18.2. The Morgan fingerprint density at radius 3 is 2.68 bits per heavy atom. The molecule has 3 amide bonds. The molecule has 6 heteroatoms. The Balaban J connectivity index is 1.77. The Morgan fingerprint density at radius 2 is 1.86 bits per heavy atom. The van der Waals surface area contributed by atoms with Crippen LogP contribution in [0.1, 0.15) is 46.0 Å². The summed E-state index contributed by atoms with van der Waals surface area (Å²) in [6, 6.07) is 14.1. The van der Waals surface area contributed by atoms with E-state index in [1.54, 1.807) is 21.9 Å². The minimum absolute atomic E-state index is 0.0819. The van der Waals surface area contributed by atoms with Gasteiger partial charge in [0.15, 0.2) is 0 Å². The van der Waals surface area contributed by atoms with Crippen molar-refractivity contribution in [3.8, 4) is 0 Å². The number of hydrogen-bond donors (Lipinski definition) is 1. The predicted molar refractivity (Wildman–Crippen MR) is 106 cm³/mol. The number of amides is 3. The summed E-state index contributed by atoms with van der Waals surface area (Å²) in [5.74, 6) is -0.334. The summed E-state index contributed by atoms with van der Waals surface area (Å²) in [5.41, 5.74) is 2.46. The summed E-state index contributed by atoms with van der Waals surface area (Å²) < 4.78 is 0. The summed E-state index contributed by atoms with van der Waals surface area (Å²) in [6.07, 6.45) is 1.50. The fourth-order valence-corrected chi connectivity index (χ4v) is 4.08. The van der Waals surface area contributed by atoms with Crippen LogP contribution in [0.3, 0.4) is 0 Å². The van der Waals surface area contributed by atoms with Gasteiger partial charge in [0.1, 0.15) is 6.04 Å². The fraction of sp³-hybridized carbons (Fsp3) is 0.318. The second kappa shape index (κ2) is 7.46. The quantitative estimate of drug-likeness (QED) is 0.890. The van der Waals surface area contributed by atoms with Crippen LogP contribution in [-0.4, -0.2) is 41.8 Å². The number of nitrogens with one attached hydrogen (secondary N) is 1. The van der Waals surface area contributed by atoms with E-state index in [0.717, 1.165) is 12.0 Å². The summed E-state index contributed by atoms with van der Waals surface area (Å²) in [6.45, 7) is 3.26. The molecular weight excluding hydrogens is 354 g/mol. The molecule has 2 aromatic carbocycles. The van der Waals surface area contributed by atoms with E-state index < -0.39 is 6.04 Å². The maximum Gasteiger partial charge on any atom is 0.256 e. The van der Waals surface area contributed by atoms with E-state index in [2.05, 4.69) is 5.32 Å². The van der Waals surface area contributed by atoms with Crippen molar-refractivity contribution in [3.05, 3.63) is 65.2 Å². The minimum Gasteiger partial charge on any atom is -0.352 e. The number of anilines is 1. The molecule has 1 fully saturated rings. The largest absolute Gasteiger partial charge is 0.352 e. The molecule has 2 aliphatic heterocycles. The van der Waals surface area contributed by atoms with Gasteiger partial charge >= 0.3 is 0 Å². The van der Waals surface area contributed by atoms with E-state index in [9.17, 15) is 14.4 Å².